The molecule has 0 radical (unpaired) electrons. The highest BCUT2D eigenvalue weighted by Crippen LogP contribution is 2.55. The third-order valence-electron chi connectivity index (χ3n) is 11.1. The van der Waals surface area contributed by atoms with Gasteiger partial charge in [0.15, 0.2) is 0 Å². The second kappa shape index (κ2) is 11.9. The van der Waals surface area contributed by atoms with Gasteiger partial charge in [0.25, 0.3) is 0 Å². The minimum Gasteiger partial charge on any atom is -0.466 e. The van der Waals surface area contributed by atoms with E-state index in [-0.39, 0.29) is 0 Å². The van der Waals surface area contributed by atoms with Gasteiger partial charge in [-0.3, -0.25) is 0 Å². The van der Waals surface area contributed by atoms with Gasteiger partial charge < -0.3 is 9.47 Å². The topological polar surface area (TPSA) is 44.2 Å². The number of thiazole rings is 2. The standard InChI is InChI=1S/C46H28N2O2S6/c1-45(2)33-17-30-34(18-29(33)41-43(49-45)47-35(55-41)19-31-37(51)25-13-21-9-5-6-10-22(21)14-26(25)38(31)52)46(3,4)50-44-42(30)56-36(48-44)20-32-39(53)27-15-23-11-7-8-12-24(23)16-28(27)40(32)54/h5-20H,1-4H3. The van der Waals surface area contributed by atoms with Crippen LogP contribution in [0.5, 0.6) is 11.8 Å². The molecule has 10 heteroatoms. The number of rotatable bonds is 2. The summed E-state index contributed by atoms with van der Waals surface area (Å²) in [6, 6.07) is 29.7. The number of thiocarbonyl (C=S) groups is 4. The Kier molecular flexibility index (Phi) is 7.36. The van der Waals surface area contributed by atoms with Gasteiger partial charge in [0.05, 0.1) is 29.2 Å². The molecule has 56 heavy (non-hydrogen) atoms. The fraction of sp³-hybridized carbons (Fsp3) is 0.130. The van der Waals surface area contributed by atoms with Crippen LogP contribution < -0.4 is 9.47 Å². The van der Waals surface area contributed by atoms with Gasteiger partial charge in [0.1, 0.15) is 21.2 Å². The fourth-order valence-electron chi connectivity index (χ4n) is 8.34. The molecule has 4 heterocycles. The summed E-state index contributed by atoms with van der Waals surface area (Å²) in [5.74, 6) is 1.22. The Morgan fingerprint density at radius 2 is 0.804 bits per heavy atom. The van der Waals surface area contributed by atoms with Crippen molar-refractivity contribution in [2.24, 2.45) is 0 Å². The van der Waals surface area contributed by atoms with Crippen LogP contribution in [0.1, 0.15) is 71.1 Å². The lowest BCUT2D eigenvalue weighted by Gasteiger charge is -2.37. The molecule has 270 valence electrons. The normalized spacial score (nSPS) is 16.9. The largest absolute Gasteiger partial charge is 0.466 e. The molecule has 0 atom stereocenters. The molecule has 0 unspecified atom stereocenters. The molecule has 2 aromatic heterocycles. The summed E-state index contributed by atoms with van der Waals surface area (Å²) in [5.41, 5.74) is 8.74. The predicted molar refractivity (Wildman–Crippen MR) is 247 cm³/mol. The summed E-state index contributed by atoms with van der Waals surface area (Å²) in [6.45, 7) is 8.38. The lowest BCUT2D eigenvalue weighted by Crippen LogP contribution is -2.32. The van der Waals surface area contributed by atoms with Crippen molar-refractivity contribution in [1.29, 1.82) is 0 Å². The zero-order valence-electron chi connectivity index (χ0n) is 30.4. The number of hydrogen-bond acceptors (Lipinski definition) is 10. The molecule has 0 saturated carbocycles. The summed E-state index contributed by atoms with van der Waals surface area (Å²) in [4.78, 5) is 15.0. The van der Waals surface area contributed by atoms with E-state index in [9.17, 15) is 0 Å². The fourth-order valence-corrected chi connectivity index (χ4v) is 11.7. The average Bonchev–Trinajstić information content (AvgIpc) is 3.89. The molecule has 11 rings (SSSR count). The first-order valence-corrected chi connectivity index (χ1v) is 21.4. The molecule has 0 N–H and O–H groups in total. The lowest BCUT2D eigenvalue weighted by atomic mass is 9.81. The van der Waals surface area contributed by atoms with Crippen LogP contribution in [-0.4, -0.2) is 29.4 Å². The molecular formula is C46H28N2O2S6. The summed E-state index contributed by atoms with van der Waals surface area (Å²) < 4.78 is 13.4. The van der Waals surface area contributed by atoms with E-state index in [1.54, 1.807) is 22.7 Å². The first kappa shape index (κ1) is 34.6. The van der Waals surface area contributed by atoms with Gasteiger partial charge in [-0.15, -0.1) is 22.7 Å². The van der Waals surface area contributed by atoms with Crippen molar-refractivity contribution in [3.8, 4) is 32.6 Å². The number of nitrogens with zero attached hydrogens (tertiary/aromatic N) is 2. The second-order valence-corrected chi connectivity index (χ2v) is 19.2. The van der Waals surface area contributed by atoms with E-state index in [1.165, 1.54) is 0 Å². The van der Waals surface area contributed by atoms with Gasteiger partial charge in [-0.05, 0) is 97.8 Å². The van der Waals surface area contributed by atoms with Crippen LogP contribution >= 0.6 is 71.5 Å². The van der Waals surface area contributed by atoms with Gasteiger partial charge >= 0.3 is 0 Å². The zero-order chi connectivity index (χ0) is 38.4. The molecule has 7 aromatic rings. The van der Waals surface area contributed by atoms with Crippen molar-refractivity contribution >= 4 is 125 Å². The van der Waals surface area contributed by atoms with Gasteiger partial charge in [0, 0.05) is 55.7 Å². The van der Waals surface area contributed by atoms with E-state index in [0.717, 1.165) is 116 Å². The Balaban J connectivity index is 0.977. The molecule has 0 fully saturated rings. The molecule has 0 bridgehead atoms. The molecule has 2 aliphatic heterocycles. The quantitative estimate of drug-likeness (QED) is 0.126. The lowest BCUT2D eigenvalue weighted by molar-refractivity contribution is 0.0953. The summed E-state index contributed by atoms with van der Waals surface area (Å²) in [5, 5.41) is 6.17. The van der Waals surface area contributed by atoms with Crippen LogP contribution in [0, 0.1) is 0 Å². The minimum atomic E-state index is -0.653. The van der Waals surface area contributed by atoms with Crippen molar-refractivity contribution in [2.75, 3.05) is 0 Å². The van der Waals surface area contributed by atoms with Crippen LogP contribution in [-0.2, 0) is 11.2 Å². The summed E-state index contributed by atoms with van der Waals surface area (Å²) >= 11 is 27.2. The molecule has 5 aromatic carbocycles. The summed E-state index contributed by atoms with van der Waals surface area (Å²) in [6.07, 6.45) is 4.06. The van der Waals surface area contributed by atoms with Crippen LogP contribution in [0.15, 0.2) is 96.1 Å². The number of ether oxygens (including phenoxy) is 2. The van der Waals surface area contributed by atoms with E-state index in [2.05, 4.69) is 88.4 Å². The molecule has 4 aliphatic rings. The maximum Gasteiger partial charge on any atom is 0.234 e. The Labute approximate surface area is 352 Å². The van der Waals surface area contributed by atoms with Crippen molar-refractivity contribution in [2.45, 2.75) is 38.9 Å². The second-order valence-electron chi connectivity index (χ2n) is 15.5. The van der Waals surface area contributed by atoms with Crippen LogP contribution in [0.2, 0.25) is 0 Å². The smallest absolute Gasteiger partial charge is 0.234 e. The van der Waals surface area contributed by atoms with Crippen LogP contribution in [0.4, 0.5) is 0 Å². The van der Waals surface area contributed by atoms with Gasteiger partial charge in [-0.25, -0.2) is 9.97 Å². The number of fused-ring (bicyclic) bond motifs is 10. The van der Waals surface area contributed by atoms with Crippen molar-refractivity contribution in [3.05, 3.63) is 139 Å². The van der Waals surface area contributed by atoms with Gasteiger partial charge in [0.2, 0.25) is 11.8 Å². The zero-order valence-corrected chi connectivity index (χ0v) is 35.3. The van der Waals surface area contributed by atoms with Gasteiger partial charge in [-0.2, -0.15) is 0 Å². The van der Waals surface area contributed by atoms with Crippen LogP contribution in [0.3, 0.4) is 0 Å². The first-order valence-electron chi connectivity index (χ1n) is 18.1. The van der Waals surface area contributed by atoms with Crippen molar-refractivity contribution in [3.63, 3.8) is 0 Å². The maximum absolute atomic E-state index is 6.69. The van der Waals surface area contributed by atoms with E-state index >= 15 is 0 Å². The first-order chi connectivity index (χ1) is 26.8. The van der Waals surface area contributed by atoms with Crippen molar-refractivity contribution in [1.82, 2.24) is 9.97 Å². The number of allylic oxidation sites excluding steroid dienone is 2. The van der Waals surface area contributed by atoms with E-state index < -0.39 is 11.2 Å². The third-order valence-corrected chi connectivity index (χ3v) is 14.9. The number of hydrogen-bond donors (Lipinski definition) is 0. The Bertz CT molecular complexity index is 2800. The van der Waals surface area contributed by atoms with Crippen LogP contribution in [0.25, 0.3) is 54.6 Å². The van der Waals surface area contributed by atoms with E-state index in [0.29, 0.717) is 11.8 Å². The highest BCUT2D eigenvalue weighted by molar-refractivity contribution is 7.84. The highest BCUT2D eigenvalue weighted by Gasteiger charge is 2.42. The number of aromatic nitrogens is 2. The maximum atomic E-state index is 6.69. The Morgan fingerprint density at radius 3 is 1.12 bits per heavy atom. The SMILES string of the molecule is CC1(C)Oc2nc(C=C3C(=S)c4cc5ccccc5cc4C3=S)sc2-c2cc3c(cc21)-c1sc(C=C2C(=S)c4cc5ccccc5cc4C2=S)nc1OC3(C)C. The summed E-state index contributed by atoms with van der Waals surface area (Å²) in [7, 11) is 0. The molecule has 0 amide bonds. The van der Waals surface area contributed by atoms with Crippen molar-refractivity contribution < 1.29 is 9.47 Å². The van der Waals surface area contributed by atoms with Gasteiger partial charge in [-0.1, -0.05) is 97.4 Å². The van der Waals surface area contributed by atoms with E-state index in [4.69, 9.17) is 68.3 Å². The number of benzene rings is 5. The Morgan fingerprint density at radius 1 is 0.482 bits per heavy atom. The molecule has 0 saturated heterocycles. The Hall–Kier alpha value is -4.68. The average molecular weight is 833 g/mol. The molecular weight excluding hydrogens is 805 g/mol. The molecule has 0 spiro atoms. The third kappa shape index (κ3) is 5.03. The molecule has 4 nitrogen and oxygen atoms in total. The minimum absolute atomic E-state index is 0.608. The highest BCUT2D eigenvalue weighted by atomic mass is 32.1. The molecule has 2 aliphatic carbocycles. The van der Waals surface area contributed by atoms with E-state index in [1.807, 2.05) is 36.4 Å². The monoisotopic (exact) mass is 832 g/mol. The predicted octanol–water partition coefficient (Wildman–Crippen LogP) is 12.6.